The molecule has 2 rings (SSSR count). The lowest BCUT2D eigenvalue weighted by molar-refractivity contribution is 0.486. The second kappa shape index (κ2) is 6.66. The molecular formula is C14H22BrN3O. The van der Waals surface area contributed by atoms with E-state index in [1.807, 2.05) is 13.8 Å². The number of hydrogen-bond acceptors (Lipinski definition) is 3. The summed E-state index contributed by atoms with van der Waals surface area (Å²) in [5.41, 5.74) is 1.60. The van der Waals surface area contributed by atoms with Crippen molar-refractivity contribution in [3.05, 3.63) is 26.3 Å². The van der Waals surface area contributed by atoms with Gasteiger partial charge in [-0.2, -0.15) is 4.98 Å². The Morgan fingerprint density at radius 3 is 2.74 bits per heavy atom. The Balaban J connectivity index is 1.89. The van der Waals surface area contributed by atoms with Gasteiger partial charge in [-0.05, 0) is 55.6 Å². The molecule has 0 radical (unpaired) electrons. The lowest BCUT2D eigenvalue weighted by Crippen LogP contribution is -2.30. The van der Waals surface area contributed by atoms with Crippen LogP contribution in [0.25, 0.3) is 0 Å². The van der Waals surface area contributed by atoms with Crippen LogP contribution in [-0.4, -0.2) is 22.1 Å². The van der Waals surface area contributed by atoms with Crippen LogP contribution in [-0.2, 0) is 6.54 Å². The third-order valence-corrected chi connectivity index (χ3v) is 5.03. The molecule has 1 aromatic heterocycles. The highest BCUT2D eigenvalue weighted by Crippen LogP contribution is 2.18. The highest BCUT2D eigenvalue weighted by Gasteiger charge is 2.13. The number of nitrogens with zero attached hydrogens (tertiary/aromatic N) is 2. The van der Waals surface area contributed by atoms with E-state index < -0.39 is 0 Å². The molecule has 19 heavy (non-hydrogen) atoms. The Kier molecular flexibility index (Phi) is 5.16. The Morgan fingerprint density at radius 1 is 1.37 bits per heavy atom. The summed E-state index contributed by atoms with van der Waals surface area (Å²) < 4.78 is 2.70. The average Bonchev–Trinajstić information content (AvgIpc) is 2.88. The maximum atomic E-state index is 11.9. The van der Waals surface area contributed by atoms with E-state index in [4.69, 9.17) is 0 Å². The fraction of sp³-hybridized carbons (Fsp3) is 0.714. The highest BCUT2D eigenvalue weighted by molar-refractivity contribution is 9.10. The topological polar surface area (TPSA) is 46.9 Å². The number of halogens is 1. The van der Waals surface area contributed by atoms with Gasteiger partial charge in [0.1, 0.15) is 0 Å². The molecule has 1 aliphatic carbocycles. The summed E-state index contributed by atoms with van der Waals surface area (Å²) >= 11 is 3.49. The van der Waals surface area contributed by atoms with E-state index in [9.17, 15) is 4.79 Å². The van der Waals surface area contributed by atoms with E-state index in [2.05, 4.69) is 26.2 Å². The monoisotopic (exact) mass is 327 g/mol. The molecule has 0 amide bonds. The number of nitrogens with one attached hydrogen (secondary N) is 1. The van der Waals surface area contributed by atoms with Crippen LogP contribution in [0.3, 0.4) is 0 Å². The Hall–Kier alpha value is -0.680. The molecule has 0 aromatic carbocycles. The fourth-order valence-electron chi connectivity index (χ4n) is 2.71. The van der Waals surface area contributed by atoms with Gasteiger partial charge in [0.05, 0.1) is 10.2 Å². The van der Waals surface area contributed by atoms with E-state index in [0.717, 1.165) is 35.4 Å². The first kappa shape index (κ1) is 14.7. The van der Waals surface area contributed by atoms with Crippen molar-refractivity contribution in [2.75, 3.05) is 6.54 Å². The van der Waals surface area contributed by atoms with Gasteiger partial charge >= 0.3 is 5.69 Å². The third kappa shape index (κ3) is 3.66. The third-order valence-electron chi connectivity index (χ3n) is 3.88. The molecule has 0 aliphatic heterocycles. The zero-order valence-electron chi connectivity index (χ0n) is 11.7. The number of hydrogen-bond donors (Lipinski definition) is 1. The van der Waals surface area contributed by atoms with Gasteiger partial charge < -0.3 is 5.32 Å². The van der Waals surface area contributed by atoms with Crippen LogP contribution in [0.15, 0.2) is 9.27 Å². The van der Waals surface area contributed by atoms with Crippen molar-refractivity contribution in [2.24, 2.45) is 0 Å². The van der Waals surface area contributed by atoms with Gasteiger partial charge in [-0.3, -0.25) is 4.57 Å². The van der Waals surface area contributed by atoms with Crippen LogP contribution < -0.4 is 11.0 Å². The van der Waals surface area contributed by atoms with Crippen LogP contribution in [0.5, 0.6) is 0 Å². The summed E-state index contributed by atoms with van der Waals surface area (Å²) in [4.78, 5) is 15.9. The molecule has 1 heterocycles. The predicted octanol–water partition coefficient (Wildman–Crippen LogP) is 2.54. The van der Waals surface area contributed by atoms with Crippen LogP contribution in [0, 0.1) is 13.8 Å². The largest absolute Gasteiger partial charge is 0.348 e. The minimum absolute atomic E-state index is 0.140. The molecular weight excluding hydrogens is 306 g/mol. The number of aryl methyl sites for hydroxylation is 1. The van der Waals surface area contributed by atoms with Gasteiger partial charge in [-0.1, -0.05) is 12.8 Å². The molecule has 0 bridgehead atoms. The molecule has 0 spiro atoms. The van der Waals surface area contributed by atoms with Crippen molar-refractivity contribution in [3.63, 3.8) is 0 Å². The maximum absolute atomic E-state index is 11.9. The molecule has 1 aromatic rings. The molecule has 4 nitrogen and oxygen atoms in total. The molecule has 0 unspecified atom stereocenters. The van der Waals surface area contributed by atoms with Crippen LogP contribution in [0.4, 0.5) is 0 Å². The zero-order chi connectivity index (χ0) is 13.8. The maximum Gasteiger partial charge on any atom is 0.348 e. The normalized spacial score (nSPS) is 16.2. The van der Waals surface area contributed by atoms with Gasteiger partial charge in [0, 0.05) is 18.3 Å². The van der Waals surface area contributed by atoms with E-state index in [1.54, 1.807) is 4.57 Å². The molecule has 5 heteroatoms. The first-order valence-corrected chi connectivity index (χ1v) is 7.86. The van der Waals surface area contributed by atoms with Crippen molar-refractivity contribution in [1.82, 2.24) is 14.9 Å². The minimum Gasteiger partial charge on any atom is -0.314 e. The zero-order valence-corrected chi connectivity index (χ0v) is 13.3. The summed E-state index contributed by atoms with van der Waals surface area (Å²) in [5.74, 6) is 0. The van der Waals surface area contributed by atoms with Gasteiger partial charge in [0.25, 0.3) is 0 Å². The number of aromatic nitrogens is 2. The minimum atomic E-state index is -0.140. The van der Waals surface area contributed by atoms with Crippen molar-refractivity contribution in [2.45, 2.75) is 58.5 Å². The molecule has 1 saturated carbocycles. The van der Waals surface area contributed by atoms with E-state index in [1.165, 1.54) is 25.7 Å². The molecule has 1 N–H and O–H groups in total. The second-order valence-corrected chi connectivity index (χ2v) is 6.11. The van der Waals surface area contributed by atoms with Crippen molar-refractivity contribution < 1.29 is 0 Å². The SMILES string of the molecule is Cc1nc(=O)n(CCCNC2CCCC2)c(C)c1Br. The van der Waals surface area contributed by atoms with Crippen LogP contribution >= 0.6 is 15.9 Å². The highest BCUT2D eigenvalue weighted by atomic mass is 79.9. The summed E-state index contributed by atoms with van der Waals surface area (Å²) in [7, 11) is 0. The standard InChI is InChI=1S/C14H22BrN3O/c1-10-13(15)11(2)18(14(19)17-10)9-5-8-16-12-6-3-4-7-12/h12,16H,3-9H2,1-2H3. The Bertz CT molecular complexity index is 492. The van der Waals surface area contributed by atoms with Gasteiger partial charge in [0.2, 0.25) is 0 Å². The van der Waals surface area contributed by atoms with Crippen LogP contribution in [0.2, 0.25) is 0 Å². The van der Waals surface area contributed by atoms with Gasteiger partial charge in [-0.15, -0.1) is 0 Å². The summed E-state index contributed by atoms with van der Waals surface area (Å²) in [6, 6.07) is 0.695. The van der Waals surface area contributed by atoms with Crippen molar-refractivity contribution in [1.29, 1.82) is 0 Å². The molecule has 0 atom stereocenters. The van der Waals surface area contributed by atoms with Crippen molar-refractivity contribution >= 4 is 15.9 Å². The molecule has 1 fully saturated rings. The summed E-state index contributed by atoms with van der Waals surface area (Å²) in [6.07, 6.45) is 6.28. The van der Waals surface area contributed by atoms with Gasteiger partial charge in [0.15, 0.2) is 0 Å². The van der Waals surface area contributed by atoms with Crippen molar-refractivity contribution in [3.8, 4) is 0 Å². The average molecular weight is 328 g/mol. The second-order valence-electron chi connectivity index (χ2n) is 5.32. The smallest absolute Gasteiger partial charge is 0.314 e. The van der Waals surface area contributed by atoms with E-state index in [0.29, 0.717) is 6.04 Å². The molecule has 106 valence electrons. The quantitative estimate of drug-likeness (QED) is 0.845. The lowest BCUT2D eigenvalue weighted by atomic mass is 10.2. The molecule has 0 saturated heterocycles. The lowest BCUT2D eigenvalue weighted by Gasteiger charge is -2.14. The van der Waals surface area contributed by atoms with Crippen LogP contribution in [0.1, 0.15) is 43.5 Å². The van der Waals surface area contributed by atoms with E-state index >= 15 is 0 Å². The summed E-state index contributed by atoms with van der Waals surface area (Å²) in [6.45, 7) is 5.52. The first-order chi connectivity index (χ1) is 9.09. The number of rotatable bonds is 5. The Labute approximate surface area is 122 Å². The predicted molar refractivity (Wildman–Crippen MR) is 80.5 cm³/mol. The van der Waals surface area contributed by atoms with Gasteiger partial charge in [-0.25, -0.2) is 4.79 Å². The first-order valence-electron chi connectivity index (χ1n) is 7.06. The summed E-state index contributed by atoms with van der Waals surface area (Å²) in [5, 5.41) is 3.57. The van der Waals surface area contributed by atoms with E-state index in [-0.39, 0.29) is 5.69 Å². The Morgan fingerprint density at radius 2 is 2.05 bits per heavy atom. The fourth-order valence-corrected chi connectivity index (χ4v) is 3.02. The molecule has 1 aliphatic rings.